The van der Waals surface area contributed by atoms with Gasteiger partial charge >= 0.3 is 11.9 Å². The van der Waals surface area contributed by atoms with Crippen molar-refractivity contribution in [3.8, 4) is 0 Å². The summed E-state index contributed by atoms with van der Waals surface area (Å²) in [5.74, 6) is 0.426. The van der Waals surface area contributed by atoms with Crippen LogP contribution in [-0.2, 0) is 19.1 Å². The van der Waals surface area contributed by atoms with Gasteiger partial charge in [-0.15, -0.1) is 0 Å². The van der Waals surface area contributed by atoms with E-state index in [1.807, 2.05) is 13.8 Å². The van der Waals surface area contributed by atoms with Gasteiger partial charge in [0, 0.05) is 12.3 Å². The van der Waals surface area contributed by atoms with E-state index in [-0.39, 0.29) is 48.6 Å². The molecular weight excluding hydrogens is 370 g/mol. The average molecular weight is 408 g/mol. The molecule has 1 aliphatic heterocycles. The van der Waals surface area contributed by atoms with Gasteiger partial charge in [-0.05, 0) is 49.5 Å². The summed E-state index contributed by atoms with van der Waals surface area (Å²) in [6.45, 7) is 6.14. The van der Waals surface area contributed by atoms with Gasteiger partial charge in [-0.3, -0.25) is 9.59 Å². The van der Waals surface area contributed by atoms with E-state index in [0.29, 0.717) is 18.3 Å². The van der Waals surface area contributed by atoms with Crippen molar-refractivity contribution in [2.75, 3.05) is 0 Å². The molecule has 0 radical (unpaired) electrons. The number of esters is 2. The quantitative estimate of drug-likeness (QED) is 0.642. The lowest BCUT2D eigenvalue weighted by Crippen LogP contribution is -2.40. The number of hydrogen-bond acceptors (Lipinski definition) is 6. The van der Waals surface area contributed by atoms with E-state index >= 15 is 0 Å². The van der Waals surface area contributed by atoms with Crippen molar-refractivity contribution in [2.24, 2.45) is 23.7 Å². The molecule has 1 fully saturated rings. The van der Waals surface area contributed by atoms with Gasteiger partial charge in [0.2, 0.25) is 0 Å². The molecule has 3 aliphatic rings. The third-order valence-electron chi connectivity index (χ3n) is 6.69. The molecule has 2 aliphatic carbocycles. The molecule has 7 atom stereocenters. The number of fused-ring (bicyclic) bond motifs is 1. The number of aliphatic hydroxyl groups is 1. The minimum Gasteiger partial charge on any atom is -0.462 e. The van der Waals surface area contributed by atoms with Crippen LogP contribution in [0.1, 0.15) is 65.7 Å². The number of allylic oxidation sites excluding steroid dienone is 3. The molecule has 0 aromatic heterocycles. The zero-order chi connectivity index (χ0) is 20.3. The van der Waals surface area contributed by atoms with E-state index in [1.54, 1.807) is 0 Å². The summed E-state index contributed by atoms with van der Waals surface area (Å²) in [6.07, 6.45) is 10.6. The molecule has 1 heterocycles. The van der Waals surface area contributed by atoms with Crippen LogP contribution in [0.4, 0.5) is 0 Å². The highest BCUT2D eigenvalue weighted by Gasteiger charge is 2.40. The van der Waals surface area contributed by atoms with Crippen LogP contribution >= 0.6 is 0 Å². The third-order valence-corrected chi connectivity index (χ3v) is 6.69. The number of cyclic esters (lactones) is 1. The minimum atomic E-state index is -0.593. The zero-order valence-corrected chi connectivity index (χ0v) is 18.0. The molecule has 0 spiro atoms. The molecule has 0 aromatic rings. The summed E-state index contributed by atoms with van der Waals surface area (Å²) in [5, 5.41) is 9.86. The molecule has 0 unspecified atom stereocenters. The number of carbonyl (C=O) groups is 2. The standard InChI is InChI=1S/C23H34O5.H3N/c1-4-14(2)23(26)28-20-7-5-6-16-9-8-15(3)19(22(16)20)11-10-18-12-17(24)13-21(25)27-18;/h6,8-9,14-15,17-20,22,24H,4-5,7,10-13H2,1-3H3;1H3/t14-,15-,17+,18+,19-,20-,22-;/m0./s1. The molecular formula is C23H37NO5. The minimum absolute atomic E-state index is 0. The second-order valence-electron chi connectivity index (χ2n) is 8.76. The summed E-state index contributed by atoms with van der Waals surface area (Å²) < 4.78 is 11.4. The number of rotatable bonds is 6. The van der Waals surface area contributed by atoms with Gasteiger partial charge in [0.15, 0.2) is 0 Å². The SMILES string of the molecule is CC[C@H](C)C(=O)O[C@H]1CCC=C2C=C[C@H](C)[C@H](CC[C@@H]3C[C@@H](O)CC(=O)O3)[C@H]21.N. The van der Waals surface area contributed by atoms with E-state index in [4.69, 9.17) is 9.47 Å². The average Bonchev–Trinajstić information content (AvgIpc) is 2.66. The van der Waals surface area contributed by atoms with E-state index in [0.717, 1.165) is 32.1 Å². The predicted octanol–water partition coefficient (Wildman–Crippen LogP) is 4.11. The largest absolute Gasteiger partial charge is 0.462 e. The van der Waals surface area contributed by atoms with E-state index in [2.05, 4.69) is 25.2 Å². The Balaban J connectivity index is 0.00000300. The molecule has 164 valence electrons. The van der Waals surface area contributed by atoms with Gasteiger partial charge in [0.25, 0.3) is 0 Å². The van der Waals surface area contributed by atoms with Crippen molar-refractivity contribution in [3.63, 3.8) is 0 Å². The summed E-state index contributed by atoms with van der Waals surface area (Å²) in [7, 11) is 0. The Kier molecular flexibility index (Phi) is 8.46. The Bertz CT molecular complexity index is 643. The Morgan fingerprint density at radius 3 is 2.83 bits per heavy atom. The Morgan fingerprint density at radius 1 is 1.38 bits per heavy atom. The molecule has 3 rings (SSSR count). The maximum absolute atomic E-state index is 12.4. The molecule has 6 heteroatoms. The molecule has 0 aromatic carbocycles. The van der Waals surface area contributed by atoms with E-state index < -0.39 is 6.10 Å². The van der Waals surface area contributed by atoms with Crippen molar-refractivity contribution < 1.29 is 24.2 Å². The zero-order valence-electron chi connectivity index (χ0n) is 18.0. The summed E-state index contributed by atoms with van der Waals surface area (Å²) in [4.78, 5) is 24.1. The number of ether oxygens (including phenoxy) is 2. The van der Waals surface area contributed by atoms with Gasteiger partial charge in [-0.2, -0.15) is 0 Å². The fourth-order valence-corrected chi connectivity index (χ4v) is 4.80. The number of aliphatic hydroxyl groups excluding tert-OH is 1. The van der Waals surface area contributed by atoms with Crippen LogP contribution in [0, 0.1) is 23.7 Å². The van der Waals surface area contributed by atoms with Crippen LogP contribution in [0.5, 0.6) is 0 Å². The topological polar surface area (TPSA) is 108 Å². The van der Waals surface area contributed by atoms with Crippen LogP contribution < -0.4 is 6.15 Å². The van der Waals surface area contributed by atoms with Crippen molar-refractivity contribution in [3.05, 3.63) is 23.8 Å². The van der Waals surface area contributed by atoms with Gasteiger partial charge in [-0.25, -0.2) is 0 Å². The van der Waals surface area contributed by atoms with Crippen molar-refractivity contribution in [1.29, 1.82) is 0 Å². The number of hydrogen-bond donors (Lipinski definition) is 2. The Morgan fingerprint density at radius 2 is 2.14 bits per heavy atom. The normalized spacial score (nSPS) is 34.9. The first kappa shape index (κ1) is 23.6. The summed E-state index contributed by atoms with van der Waals surface area (Å²) in [6, 6.07) is 0. The lowest BCUT2D eigenvalue weighted by atomic mass is 9.66. The Hall–Kier alpha value is -1.66. The molecule has 0 amide bonds. The first-order chi connectivity index (χ1) is 13.4. The van der Waals surface area contributed by atoms with Crippen LogP contribution in [0.2, 0.25) is 0 Å². The fraction of sp³-hybridized carbons (Fsp3) is 0.739. The van der Waals surface area contributed by atoms with Crippen molar-refractivity contribution >= 4 is 11.9 Å². The van der Waals surface area contributed by atoms with Gasteiger partial charge < -0.3 is 20.7 Å². The van der Waals surface area contributed by atoms with Crippen molar-refractivity contribution in [1.82, 2.24) is 6.15 Å². The highest BCUT2D eigenvalue weighted by Crippen LogP contribution is 2.44. The molecule has 0 bridgehead atoms. The predicted molar refractivity (Wildman–Crippen MR) is 111 cm³/mol. The molecule has 6 nitrogen and oxygen atoms in total. The van der Waals surface area contributed by atoms with Crippen LogP contribution in [0.15, 0.2) is 23.8 Å². The molecule has 1 saturated heterocycles. The lowest BCUT2D eigenvalue weighted by Gasteiger charge is -2.42. The number of carbonyl (C=O) groups excluding carboxylic acids is 2. The first-order valence-electron chi connectivity index (χ1n) is 10.8. The van der Waals surface area contributed by atoms with Crippen LogP contribution in [-0.4, -0.2) is 35.4 Å². The van der Waals surface area contributed by atoms with E-state index in [1.165, 1.54) is 5.57 Å². The third kappa shape index (κ3) is 5.70. The van der Waals surface area contributed by atoms with Crippen LogP contribution in [0.3, 0.4) is 0 Å². The van der Waals surface area contributed by atoms with E-state index in [9.17, 15) is 14.7 Å². The van der Waals surface area contributed by atoms with Gasteiger partial charge in [0.1, 0.15) is 12.2 Å². The lowest BCUT2D eigenvalue weighted by molar-refractivity contribution is -0.162. The maximum atomic E-state index is 12.4. The second kappa shape index (κ2) is 10.4. The molecule has 4 N–H and O–H groups in total. The van der Waals surface area contributed by atoms with Gasteiger partial charge in [-0.1, -0.05) is 39.0 Å². The Labute approximate surface area is 174 Å². The smallest absolute Gasteiger partial charge is 0.308 e. The second-order valence-corrected chi connectivity index (χ2v) is 8.76. The monoisotopic (exact) mass is 407 g/mol. The summed E-state index contributed by atoms with van der Waals surface area (Å²) >= 11 is 0. The highest BCUT2D eigenvalue weighted by atomic mass is 16.5. The summed E-state index contributed by atoms with van der Waals surface area (Å²) in [5.41, 5.74) is 1.27. The highest BCUT2D eigenvalue weighted by molar-refractivity contribution is 5.72. The maximum Gasteiger partial charge on any atom is 0.308 e. The molecule has 0 saturated carbocycles. The first-order valence-corrected chi connectivity index (χ1v) is 10.8. The van der Waals surface area contributed by atoms with Crippen molar-refractivity contribution in [2.45, 2.75) is 84.0 Å². The molecule has 29 heavy (non-hydrogen) atoms. The van der Waals surface area contributed by atoms with Crippen LogP contribution in [0.25, 0.3) is 0 Å². The van der Waals surface area contributed by atoms with Gasteiger partial charge in [0.05, 0.1) is 18.4 Å². The fourth-order valence-electron chi connectivity index (χ4n) is 4.80.